The standard InChI is InChI=1S/C17H19N3O3S2/c1-11-5-7-13(8-6-11)18-15(21)10-25-12(2)16(22)19-20-17(23)14-4-3-9-24-14/h3-9,12H,10H2,1-2H3,(H,18,21)(H,19,22)(H,20,23)/t12-/m0/s1. The van der Waals surface area contributed by atoms with Gasteiger partial charge in [0.2, 0.25) is 5.91 Å². The number of hydrogen-bond acceptors (Lipinski definition) is 5. The predicted octanol–water partition coefficient (Wildman–Crippen LogP) is 2.58. The van der Waals surface area contributed by atoms with Crippen LogP contribution >= 0.6 is 23.1 Å². The van der Waals surface area contributed by atoms with Crippen molar-refractivity contribution in [2.75, 3.05) is 11.1 Å². The van der Waals surface area contributed by atoms with Crippen LogP contribution in [0.15, 0.2) is 41.8 Å². The predicted molar refractivity (Wildman–Crippen MR) is 102 cm³/mol. The molecule has 3 amide bonds. The van der Waals surface area contributed by atoms with E-state index in [-0.39, 0.29) is 23.5 Å². The highest BCUT2D eigenvalue weighted by Crippen LogP contribution is 2.13. The van der Waals surface area contributed by atoms with E-state index in [1.165, 1.54) is 23.1 Å². The third kappa shape index (κ3) is 6.24. The van der Waals surface area contributed by atoms with Crippen molar-refractivity contribution < 1.29 is 14.4 Å². The van der Waals surface area contributed by atoms with Crippen LogP contribution in [0.2, 0.25) is 0 Å². The van der Waals surface area contributed by atoms with Gasteiger partial charge in [-0.1, -0.05) is 23.8 Å². The summed E-state index contributed by atoms with van der Waals surface area (Å²) in [6.45, 7) is 3.65. The summed E-state index contributed by atoms with van der Waals surface area (Å²) in [4.78, 5) is 36.1. The summed E-state index contributed by atoms with van der Waals surface area (Å²) in [5.41, 5.74) is 6.55. The number of benzene rings is 1. The first-order chi connectivity index (χ1) is 12.0. The Morgan fingerprint density at radius 2 is 1.84 bits per heavy atom. The molecule has 8 heteroatoms. The number of nitrogens with one attached hydrogen (secondary N) is 3. The molecule has 0 saturated heterocycles. The van der Waals surface area contributed by atoms with Gasteiger partial charge in [-0.05, 0) is 37.4 Å². The Kier molecular flexibility index (Phi) is 7.03. The fourth-order valence-corrected chi connectivity index (χ4v) is 3.10. The molecule has 1 aromatic heterocycles. The Hall–Kier alpha value is -2.32. The summed E-state index contributed by atoms with van der Waals surface area (Å²) in [6, 6.07) is 10.9. The van der Waals surface area contributed by atoms with E-state index in [9.17, 15) is 14.4 Å². The van der Waals surface area contributed by atoms with E-state index in [2.05, 4.69) is 16.2 Å². The minimum atomic E-state index is -0.479. The molecule has 1 atom stereocenters. The minimum absolute atomic E-state index is 0.140. The second-order valence-electron chi connectivity index (χ2n) is 5.29. The molecule has 2 aromatic rings. The number of rotatable bonds is 6. The van der Waals surface area contributed by atoms with Gasteiger partial charge in [0.25, 0.3) is 11.8 Å². The van der Waals surface area contributed by atoms with Gasteiger partial charge in [-0.2, -0.15) is 0 Å². The van der Waals surface area contributed by atoms with Crippen LogP contribution in [0.1, 0.15) is 22.2 Å². The molecule has 1 heterocycles. The molecule has 0 radical (unpaired) electrons. The lowest BCUT2D eigenvalue weighted by atomic mass is 10.2. The van der Waals surface area contributed by atoms with Gasteiger partial charge < -0.3 is 5.32 Å². The van der Waals surface area contributed by atoms with Gasteiger partial charge in [0, 0.05) is 5.69 Å². The zero-order valence-corrected chi connectivity index (χ0v) is 15.5. The first kappa shape index (κ1) is 19.0. The molecule has 0 aliphatic rings. The summed E-state index contributed by atoms with van der Waals surface area (Å²) in [5, 5.41) is 4.07. The van der Waals surface area contributed by atoms with Crippen molar-refractivity contribution in [3.63, 3.8) is 0 Å². The van der Waals surface area contributed by atoms with E-state index in [0.717, 1.165) is 11.3 Å². The van der Waals surface area contributed by atoms with E-state index < -0.39 is 5.25 Å². The fourth-order valence-electron chi connectivity index (χ4n) is 1.80. The maximum atomic E-state index is 12.0. The number of thiophene rings is 1. The second-order valence-corrected chi connectivity index (χ2v) is 7.56. The van der Waals surface area contributed by atoms with E-state index in [1.807, 2.05) is 31.2 Å². The molecule has 0 aliphatic carbocycles. The third-order valence-corrected chi connectivity index (χ3v) is 5.22. The van der Waals surface area contributed by atoms with Gasteiger partial charge in [-0.25, -0.2) is 0 Å². The largest absolute Gasteiger partial charge is 0.325 e. The third-order valence-electron chi connectivity index (χ3n) is 3.21. The molecule has 3 N–H and O–H groups in total. The summed E-state index contributed by atoms with van der Waals surface area (Å²) >= 11 is 2.48. The smallest absolute Gasteiger partial charge is 0.279 e. The molecule has 0 spiro atoms. The molecule has 1 aromatic carbocycles. The molecule has 6 nitrogen and oxygen atoms in total. The molecule has 0 fully saturated rings. The Morgan fingerprint density at radius 1 is 1.12 bits per heavy atom. The highest BCUT2D eigenvalue weighted by atomic mass is 32.2. The quantitative estimate of drug-likeness (QED) is 0.675. The second kappa shape index (κ2) is 9.24. The van der Waals surface area contributed by atoms with Crippen molar-refractivity contribution in [2.24, 2.45) is 0 Å². The monoisotopic (exact) mass is 377 g/mol. The summed E-state index contributed by atoms with van der Waals surface area (Å²) in [5.74, 6) is -0.770. The lowest BCUT2D eigenvalue weighted by Crippen LogP contribution is -2.44. The number of thioether (sulfide) groups is 1. The van der Waals surface area contributed by atoms with Crippen molar-refractivity contribution >= 4 is 46.5 Å². The topological polar surface area (TPSA) is 87.3 Å². The van der Waals surface area contributed by atoms with E-state index >= 15 is 0 Å². The lowest BCUT2D eigenvalue weighted by molar-refractivity contribution is -0.121. The Bertz CT molecular complexity index is 730. The number of carbonyl (C=O) groups excluding carboxylic acids is 3. The number of carbonyl (C=O) groups is 3. The Balaban J connectivity index is 1.70. The maximum Gasteiger partial charge on any atom is 0.279 e. The van der Waals surface area contributed by atoms with Crippen molar-refractivity contribution in [1.29, 1.82) is 0 Å². The normalized spacial score (nSPS) is 11.4. The van der Waals surface area contributed by atoms with Crippen LogP contribution in [0.4, 0.5) is 5.69 Å². The molecule has 0 unspecified atom stereocenters. The fraction of sp³-hybridized carbons (Fsp3) is 0.235. The average Bonchev–Trinajstić information content (AvgIpc) is 3.14. The van der Waals surface area contributed by atoms with E-state index in [0.29, 0.717) is 4.88 Å². The van der Waals surface area contributed by atoms with Gasteiger partial charge in [0.1, 0.15) is 0 Å². The zero-order chi connectivity index (χ0) is 18.2. The zero-order valence-electron chi connectivity index (χ0n) is 13.9. The molecule has 2 rings (SSSR count). The van der Waals surface area contributed by atoms with Crippen LogP contribution in [0.25, 0.3) is 0 Å². The minimum Gasteiger partial charge on any atom is -0.325 e. The molecule has 0 bridgehead atoms. The highest BCUT2D eigenvalue weighted by molar-refractivity contribution is 8.01. The molecule has 0 saturated carbocycles. The lowest BCUT2D eigenvalue weighted by Gasteiger charge is -2.12. The van der Waals surface area contributed by atoms with Crippen LogP contribution < -0.4 is 16.2 Å². The molecular formula is C17H19N3O3S2. The number of hydrogen-bond donors (Lipinski definition) is 3. The van der Waals surface area contributed by atoms with Gasteiger partial charge in [-0.15, -0.1) is 23.1 Å². The maximum absolute atomic E-state index is 12.0. The van der Waals surface area contributed by atoms with Crippen LogP contribution in [0, 0.1) is 6.92 Å². The number of hydrazine groups is 1. The molecule has 0 aliphatic heterocycles. The SMILES string of the molecule is Cc1ccc(NC(=O)CS[C@@H](C)C(=O)NNC(=O)c2cccs2)cc1. The van der Waals surface area contributed by atoms with Crippen molar-refractivity contribution in [2.45, 2.75) is 19.1 Å². The van der Waals surface area contributed by atoms with Crippen LogP contribution in [0.5, 0.6) is 0 Å². The van der Waals surface area contributed by atoms with Crippen LogP contribution in [0.3, 0.4) is 0 Å². The van der Waals surface area contributed by atoms with Gasteiger partial charge >= 0.3 is 0 Å². The number of aryl methyl sites for hydroxylation is 1. The summed E-state index contributed by atoms with van der Waals surface area (Å²) < 4.78 is 0. The van der Waals surface area contributed by atoms with Gasteiger partial charge in [-0.3, -0.25) is 25.2 Å². The van der Waals surface area contributed by atoms with E-state index in [4.69, 9.17) is 0 Å². The van der Waals surface area contributed by atoms with Crippen LogP contribution in [-0.4, -0.2) is 28.7 Å². The number of amides is 3. The average molecular weight is 377 g/mol. The Morgan fingerprint density at radius 3 is 2.48 bits per heavy atom. The highest BCUT2D eigenvalue weighted by Gasteiger charge is 2.16. The Labute approximate surface area is 154 Å². The van der Waals surface area contributed by atoms with Crippen molar-refractivity contribution in [3.8, 4) is 0 Å². The number of anilines is 1. The van der Waals surface area contributed by atoms with Crippen LogP contribution in [-0.2, 0) is 9.59 Å². The molecular weight excluding hydrogens is 358 g/mol. The van der Waals surface area contributed by atoms with E-state index in [1.54, 1.807) is 24.4 Å². The van der Waals surface area contributed by atoms with Crippen molar-refractivity contribution in [3.05, 3.63) is 52.2 Å². The first-order valence-corrected chi connectivity index (χ1v) is 9.50. The summed E-state index contributed by atoms with van der Waals surface area (Å²) in [6.07, 6.45) is 0. The molecule has 132 valence electrons. The summed E-state index contributed by atoms with van der Waals surface area (Å²) in [7, 11) is 0. The van der Waals surface area contributed by atoms with Gasteiger partial charge in [0.15, 0.2) is 0 Å². The van der Waals surface area contributed by atoms with Gasteiger partial charge in [0.05, 0.1) is 15.9 Å². The van der Waals surface area contributed by atoms with Crippen molar-refractivity contribution in [1.82, 2.24) is 10.9 Å². The first-order valence-electron chi connectivity index (χ1n) is 7.57. The molecule has 25 heavy (non-hydrogen) atoms.